The molecular weight excluding hydrogens is 957 g/mol. The highest BCUT2D eigenvalue weighted by atomic mass is 16.8. The third kappa shape index (κ3) is 14.2. The van der Waals surface area contributed by atoms with Crippen molar-refractivity contribution in [2.45, 2.75) is 120 Å². The largest absolute Gasteiger partial charge is 0.493 e. The first-order chi connectivity index (χ1) is 37.0. The molecule has 10 rings (SSSR count). The Morgan fingerprint density at radius 1 is 0.480 bits per heavy atom. The summed E-state index contributed by atoms with van der Waals surface area (Å²) in [5.41, 5.74) is 5.67. The van der Waals surface area contributed by atoms with E-state index in [1.165, 1.54) is 6.92 Å². The van der Waals surface area contributed by atoms with Crippen LogP contribution in [0.1, 0.15) is 46.6 Å². The van der Waals surface area contributed by atoms with Crippen LogP contribution in [0.25, 0.3) is 0 Å². The summed E-state index contributed by atoms with van der Waals surface area (Å²) < 4.78 is 86.6. The fourth-order valence-corrected chi connectivity index (χ4v) is 9.61. The monoisotopic (exact) mass is 1020 g/mol. The van der Waals surface area contributed by atoms with Gasteiger partial charge < -0.3 is 61.6 Å². The molecule has 14 heteroatoms. The number of ether oxygens (including phenoxy) is 13. The molecule has 4 heterocycles. The molecule has 4 aliphatic rings. The van der Waals surface area contributed by atoms with Gasteiger partial charge in [0.2, 0.25) is 0 Å². The molecule has 0 bridgehead atoms. The zero-order chi connectivity index (χ0) is 51.0. The molecule has 75 heavy (non-hydrogen) atoms. The van der Waals surface area contributed by atoms with Gasteiger partial charge in [-0.1, -0.05) is 182 Å². The molecule has 14 nitrogen and oxygen atoms in total. The van der Waals surface area contributed by atoms with Crippen molar-refractivity contribution in [1.29, 1.82) is 0 Å². The normalized spacial score (nSPS) is 28.4. The van der Waals surface area contributed by atoms with Gasteiger partial charge >= 0.3 is 5.97 Å². The topological polar surface area (TPSA) is 137 Å². The zero-order valence-electron chi connectivity index (χ0n) is 41.9. The maximum atomic E-state index is 13.4. The summed E-state index contributed by atoms with van der Waals surface area (Å²) in [7, 11) is 0. The van der Waals surface area contributed by atoms with Crippen LogP contribution in [0.3, 0.4) is 0 Å². The van der Waals surface area contributed by atoms with Gasteiger partial charge in [0, 0.05) is 12.5 Å². The van der Waals surface area contributed by atoms with Crippen LogP contribution in [-0.4, -0.2) is 99.4 Å². The van der Waals surface area contributed by atoms with E-state index in [2.05, 4.69) is 0 Å². The molecule has 392 valence electrons. The first-order valence-corrected chi connectivity index (χ1v) is 25.6. The molecule has 0 spiro atoms. The smallest absolute Gasteiger partial charge is 0.303 e. The molecule has 0 aliphatic carbocycles. The number of esters is 1. The number of hydrogen-bond acceptors (Lipinski definition) is 14. The van der Waals surface area contributed by atoms with Crippen molar-refractivity contribution in [3.8, 4) is 0 Å². The minimum Gasteiger partial charge on any atom is -0.493 e. The Kier molecular flexibility index (Phi) is 18.6. The highest BCUT2D eigenvalue weighted by Gasteiger charge is 2.56. The van der Waals surface area contributed by atoms with Crippen LogP contribution in [0.4, 0.5) is 0 Å². The average Bonchev–Trinajstić information content (AvgIpc) is 3.46. The molecule has 4 aliphatic heterocycles. The molecule has 0 amide bonds. The number of carbonyl (C=O) groups excluding carboxylic acids is 1. The van der Waals surface area contributed by atoms with Crippen molar-refractivity contribution in [2.24, 2.45) is 0 Å². The van der Waals surface area contributed by atoms with Crippen molar-refractivity contribution in [3.63, 3.8) is 0 Å². The van der Waals surface area contributed by atoms with Crippen LogP contribution in [0.5, 0.6) is 0 Å². The fraction of sp³-hybridized carbons (Fsp3) is 0.361. The van der Waals surface area contributed by atoms with Crippen molar-refractivity contribution in [3.05, 3.63) is 228 Å². The quantitative estimate of drug-likeness (QED) is 0.0598. The lowest BCUT2D eigenvalue weighted by Crippen LogP contribution is -2.66. The molecule has 0 saturated carbocycles. The van der Waals surface area contributed by atoms with Crippen molar-refractivity contribution in [2.75, 3.05) is 19.8 Å². The summed E-state index contributed by atoms with van der Waals surface area (Å²) >= 11 is 0. The van der Waals surface area contributed by atoms with Gasteiger partial charge in [0.15, 0.2) is 31.1 Å². The maximum Gasteiger partial charge on any atom is 0.303 e. The number of rotatable bonds is 22. The average molecular weight is 1020 g/mol. The first-order valence-electron chi connectivity index (χ1n) is 25.6. The highest BCUT2D eigenvalue weighted by Crippen LogP contribution is 2.39. The van der Waals surface area contributed by atoms with E-state index < -0.39 is 85.9 Å². The van der Waals surface area contributed by atoms with Gasteiger partial charge in [-0.05, 0) is 33.9 Å². The highest BCUT2D eigenvalue weighted by molar-refractivity contribution is 5.66. The summed E-state index contributed by atoms with van der Waals surface area (Å²) in [5.74, 6) is -0.592. The Labute approximate surface area is 438 Å². The van der Waals surface area contributed by atoms with E-state index in [0.717, 1.165) is 33.4 Å². The Morgan fingerprint density at radius 3 is 1.52 bits per heavy atom. The van der Waals surface area contributed by atoms with Gasteiger partial charge in [-0.2, -0.15) is 0 Å². The van der Waals surface area contributed by atoms with Crippen LogP contribution in [-0.2, 0) is 99.4 Å². The van der Waals surface area contributed by atoms with Crippen molar-refractivity contribution in [1.82, 2.24) is 0 Å². The van der Waals surface area contributed by atoms with Crippen LogP contribution >= 0.6 is 0 Å². The van der Waals surface area contributed by atoms with Crippen LogP contribution in [0.2, 0.25) is 0 Å². The second-order valence-electron chi connectivity index (χ2n) is 18.8. The summed E-state index contributed by atoms with van der Waals surface area (Å²) in [6, 6.07) is 59.2. The molecule has 13 atom stereocenters. The number of fused-ring (bicyclic) bond motifs is 1. The molecule has 3 saturated heterocycles. The second-order valence-corrected chi connectivity index (χ2v) is 18.8. The third-order valence-corrected chi connectivity index (χ3v) is 13.4. The number of benzene rings is 6. The van der Waals surface area contributed by atoms with Gasteiger partial charge in [-0.15, -0.1) is 0 Å². The minimum absolute atomic E-state index is 0.0611. The molecular formula is C61H64O14. The maximum absolute atomic E-state index is 13.4. The lowest BCUT2D eigenvalue weighted by Gasteiger charge is -2.50. The van der Waals surface area contributed by atoms with E-state index in [0.29, 0.717) is 19.8 Å². The van der Waals surface area contributed by atoms with E-state index in [-0.39, 0.29) is 33.0 Å². The molecule has 0 N–H and O–H groups in total. The van der Waals surface area contributed by atoms with Crippen LogP contribution in [0, 0.1) is 0 Å². The standard InChI is InChI=1S/C61H64O14/c1-42(62)72-58-56(75-60-57(68-38-47-28-16-6-17-29-47)54(67-37-46-26-14-5-15-27-46)51(40-70-60)65-35-44-22-10-3-11-23-44)55-52(41-69-59(74-55)48-30-18-7-19-31-48)73-61(58)71-39-50-53(66-36-45-24-12-4-13-25-45)49(32-33-63-50)64-34-43-20-8-2-9-21-43/h2-33,49-61H,34-41H2,1H3/t49-,50-,51-,52-,53+,54+,55-,56+,57-,58-,59-,60+,61-/m1/s1. The van der Waals surface area contributed by atoms with Gasteiger partial charge in [0.1, 0.15) is 48.8 Å². The summed E-state index contributed by atoms with van der Waals surface area (Å²) in [5, 5.41) is 0. The minimum atomic E-state index is -1.21. The van der Waals surface area contributed by atoms with E-state index >= 15 is 0 Å². The SMILES string of the molecule is CC(=O)O[C@H]1[C@H](OC[C@H]2OC=C[C@@H](OCc3ccccc3)[C@@H]2OCc2ccccc2)O[C@@H]2CO[C@@H](c3ccccc3)O[C@H]2[C@@H]1O[C@@H]1OC[C@@H](OCc2ccccc2)[C@H](OCc2ccccc2)[C@H]1OCc1ccccc1. The van der Waals surface area contributed by atoms with Crippen LogP contribution < -0.4 is 0 Å². The zero-order valence-corrected chi connectivity index (χ0v) is 41.9. The van der Waals surface area contributed by atoms with Gasteiger partial charge in [-0.3, -0.25) is 4.79 Å². The van der Waals surface area contributed by atoms with Gasteiger partial charge in [0.05, 0.1) is 59.1 Å². The van der Waals surface area contributed by atoms with E-state index in [1.807, 2.05) is 188 Å². The molecule has 0 radical (unpaired) electrons. The van der Waals surface area contributed by atoms with E-state index in [4.69, 9.17) is 61.6 Å². The number of carbonyl (C=O) groups is 1. The molecule has 6 aromatic rings. The Morgan fingerprint density at radius 2 is 0.973 bits per heavy atom. The number of hydrogen-bond donors (Lipinski definition) is 0. The fourth-order valence-electron chi connectivity index (χ4n) is 9.61. The first kappa shape index (κ1) is 52.3. The lowest BCUT2D eigenvalue weighted by atomic mass is 9.96. The molecule has 0 unspecified atom stereocenters. The van der Waals surface area contributed by atoms with Gasteiger partial charge in [0.25, 0.3) is 0 Å². The van der Waals surface area contributed by atoms with Gasteiger partial charge in [-0.25, -0.2) is 0 Å². The summed E-state index contributed by atoms with van der Waals surface area (Å²) in [6.45, 7) is 2.85. The van der Waals surface area contributed by atoms with Crippen LogP contribution in [0.15, 0.2) is 194 Å². The predicted molar refractivity (Wildman–Crippen MR) is 274 cm³/mol. The molecule has 0 aromatic heterocycles. The second kappa shape index (κ2) is 26.6. The Hall–Kier alpha value is -6.11. The van der Waals surface area contributed by atoms with E-state index in [1.54, 1.807) is 6.26 Å². The van der Waals surface area contributed by atoms with Crippen molar-refractivity contribution >= 4 is 5.97 Å². The molecule has 3 fully saturated rings. The lowest BCUT2D eigenvalue weighted by molar-refractivity contribution is -0.392. The van der Waals surface area contributed by atoms with E-state index in [9.17, 15) is 4.79 Å². The van der Waals surface area contributed by atoms with Crippen molar-refractivity contribution < 1.29 is 66.4 Å². The molecule has 6 aromatic carbocycles. The summed E-state index contributed by atoms with van der Waals surface area (Å²) in [4.78, 5) is 13.4. The Balaban J connectivity index is 0.951. The Bertz CT molecular complexity index is 2630. The summed E-state index contributed by atoms with van der Waals surface area (Å²) in [6.07, 6.45) is -7.57. The predicted octanol–water partition coefficient (Wildman–Crippen LogP) is 9.35. The third-order valence-electron chi connectivity index (χ3n) is 13.4.